The highest BCUT2D eigenvalue weighted by atomic mass is 16.2. The van der Waals surface area contributed by atoms with E-state index in [1.165, 1.54) is 24.3 Å². The lowest BCUT2D eigenvalue weighted by Gasteiger charge is -2.15. The Hall–Kier alpha value is -2.61. The molecule has 0 aliphatic rings. The molecule has 3 N–H and O–H groups in total. The number of amides is 2. The second-order valence-electron chi connectivity index (χ2n) is 4.28. The van der Waals surface area contributed by atoms with Crippen LogP contribution in [0.2, 0.25) is 0 Å². The van der Waals surface area contributed by atoms with Crippen molar-refractivity contribution < 1.29 is 9.59 Å². The third kappa shape index (κ3) is 4.28. The summed E-state index contributed by atoms with van der Waals surface area (Å²) in [4.78, 5) is 23.1. The fraction of sp³-hybridized carbons (Fsp3) is 0.214. The summed E-state index contributed by atoms with van der Waals surface area (Å²) in [6.07, 6.45) is 0.303. The minimum absolute atomic E-state index is 0.303. The lowest BCUT2D eigenvalue weighted by Crippen LogP contribution is -2.44. The number of nitriles is 1. The molecule has 19 heavy (non-hydrogen) atoms. The van der Waals surface area contributed by atoms with Crippen LogP contribution in [0.4, 0.5) is 0 Å². The number of carbonyl (C=O) groups excluding carboxylic acids is 2. The first-order valence-corrected chi connectivity index (χ1v) is 5.68. The average molecular weight is 257 g/mol. The number of benzene rings is 1. The van der Waals surface area contributed by atoms with Crippen LogP contribution in [0.1, 0.15) is 29.3 Å². The molecule has 1 aromatic carbocycles. The SMILES string of the molecule is C=C(C)C[C@@H](NC(=O)c1ccc(C#N)cc1)C(N)=O. The third-order valence-electron chi connectivity index (χ3n) is 2.48. The summed E-state index contributed by atoms with van der Waals surface area (Å²) in [6.45, 7) is 5.44. The molecule has 0 aromatic heterocycles. The standard InChI is InChI=1S/C14H15N3O2/c1-9(2)7-12(13(16)18)17-14(19)11-5-3-10(8-15)4-6-11/h3-6,12H,1,7H2,2H3,(H2,16,18)(H,17,19)/t12-/m1/s1. The first kappa shape index (κ1) is 14.5. The maximum atomic E-state index is 11.9. The molecule has 0 saturated heterocycles. The fourth-order valence-corrected chi connectivity index (χ4v) is 1.51. The van der Waals surface area contributed by atoms with Gasteiger partial charge in [-0.1, -0.05) is 5.57 Å². The highest BCUT2D eigenvalue weighted by Crippen LogP contribution is 2.06. The van der Waals surface area contributed by atoms with Gasteiger partial charge in [0.25, 0.3) is 5.91 Å². The second kappa shape index (κ2) is 6.36. The molecule has 5 heteroatoms. The number of rotatable bonds is 5. The van der Waals surface area contributed by atoms with Gasteiger partial charge in [-0.05, 0) is 37.6 Å². The molecule has 0 fully saturated rings. The number of nitrogens with one attached hydrogen (secondary N) is 1. The molecule has 1 atom stereocenters. The second-order valence-corrected chi connectivity index (χ2v) is 4.28. The number of nitrogens with zero attached hydrogens (tertiary/aromatic N) is 1. The molecule has 0 radical (unpaired) electrons. The minimum atomic E-state index is -0.777. The molecule has 0 saturated carbocycles. The zero-order valence-electron chi connectivity index (χ0n) is 10.6. The first-order valence-electron chi connectivity index (χ1n) is 5.68. The van der Waals surface area contributed by atoms with Crippen LogP contribution in [0.15, 0.2) is 36.4 Å². The number of primary amides is 1. The van der Waals surface area contributed by atoms with Gasteiger partial charge in [0.15, 0.2) is 0 Å². The van der Waals surface area contributed by atoms with Gasteiger partial charge < -0.3 is 11.1 Å². The van der Waals surface area contributed by atoms with Crippen LogP contribution < -0.4 is 11.1 Å². The van der Waals surface area contributed by atoms with E-state index >= 15 is 0 Å². The van der Waals surface area contributed by atoms with Crippen molar-refractivity contribution in [1.82, 2.24) is 5.32 Å². The van der Waals surface area contributed by atoms with E-state index in [9.17, 15) is 9.59 Å². The molecule has 0 aliphatic heterocycles. The number of nitrogens with two attached hydrogens (primary N) is 1. The quantitative estimate of drug-likeness (QED) is 0.773. The van der Waals surface area contributed by atoms with E-state index in [4.69, 9.17) is 11.0 Å². The van der Waals surface area contributed by atoms with E-state index in [0.717, 1.165) is 5.57 Å². The van der Waals surface area contributed by atoms with E-state index in [1.807, 2.05) is 6.07 Å². The van der Waals surface area contributed by atoms with Crippen LogP contribution >= 0.6 is 0 Å². The van der Waals surface area contributed by atoms with E-state index in [2.05, 4.69) is 11.9 Å². The topological polar surface area (TPSA) is 96.0 Å². The van der Waals surface area contributed by atoms with Crippen molar-refractivity contribution in [3.8, 4) is 6.07 Å². The van der Waals surface area contributed by atoms with Crippen molar-refractivity contribution in [3.63, 3.8) is 0 Å². The molecule has 0 unspecified atom stereocenters. The van der Waals surface area contributed by atoms with E-state index in [0.29, 0.717) is 17.5 Å². The minimum Gasteiger partial charge on any atom is -0.368 e. The summed E-state index contributed by atoms with van der Waals surface area (Å²) in [6, 6.07) is 7.29. The van der Waals surface area contributed by atoms with Crippen LogP contribution in [0.25, 0.3) is 0 Å². The van der Waals surface area contributed by atoms with Crippen LogP contribution in [-0.2, 0) is 4.79 Å². The first-order chi connectivity index (χ1) is 8.93. The van der Waals surface area contributed by atoms with Crippen LogP contribution in [0, 0.1) is 11.3 Å². The molecule has 0 spiro atoms. The summed E-state index contributed by atoms with van der Waals surface area (Å²) in [5.41, 5.74) is 6.80. The van der Waals surface area contributed by atoms with Crippen LogP contribution in [0.5, 0.6) is 0 Å². The van der Waals surface area contributed by atoms with Gasteiger partial charge in [0.2, 0.25) is 5.91 Å². The van der Waals surface area contributed by atoms with E-state index in [-0.39, 0.29) is 0 Å². The summed E-state index contributed by atoms with van der Waals surface area (Å²) in [7, 11) is 0. The maximum absolute atomic E-state index is 11.9. The Morgan fingerprint density at radius 2 is 2.00 bits per heavy atom. The van der Waals surface area contributed by atoms with Crippen LogP contribution in [0.3, 0.4) is 0 Å². The van der Waals surface area contributed by atoms with Crippen molar-refractivity contribution >= 4 is 11.8 Å². The molecule has 0 heterocycles. The Morgan fingerprint density at radius 1 is 1.42 bits per heavy atom. The van der Waals surface area contributed by atoms with Crippen molar-refractivity contribution in [3.05, 3.63) is 47.5 Å². The Morgan fingerprint density at radius 3 is 2.42 bits per heavy atom. The van der Waals surface area contributed by atoms with Gasteiger partial charge in [0.1, 0.15) is 6.04 Å². The Labute approximate surface area is 111 Å². The monoisotopic (exact) mass is 257 g/mol. The third-order valence-corrected chi connectivity index (χ3v) is 2.48. The van der Waals surface area contributed by atoms with E-state index < -0.39 is 17.9 Å². The summed E-state index contributed by atoms with van der Waals surface area (Å²) >= 11 is 0. The van der Waals surface area contributed by atoms with Crippen molar-refractivity contribution in [2.45, 2.75) is 19.4 Å². The normalized spacial score (nSPS) is 11.2. The summed E-state index contributed by atoms with van der Waals surface area (Å²) < 4.78 is 0. The molecule has 98 valence electrons. The molecule has 2 amide bonds. The van der Waals surface area contributed by atoms with E-state index in [1.54, 1.807) is 6.92 Å². The van der Waals surface area contributed by atoms with Gasteiger partial charge in [-0.15, -0.1) is 6.58 Å². The highest BCUT2D eigenvalue weighted by Gasteiger charge is 2.18. The smallest absolute Gasteiger partial charge is 0.251 e. The average Bonchev–Trinajstić information content (AvgIpc) is 2.37. The number of carbonyl (C=O) groups is 2. The zero-order chi connectivity index (χ0) is 14.4. The van der Waals surface area contributed by atoms with Crippen molar-refractivity contribution in [2.75, 3.05) is 0 Å². The molecular weight excluding hydrogens is 242 g/mol. The predicted octanol–water partition coefficient (Wildman–Crippen LogP) is 1.11. The van der Waals surface area contributed by atoms with Gasteiger partial charge in [-0.25, -0.2) is 0 Å². The van der Waals surface area contributed by atoms with Gasteiger partial charge in [-0.2, -0.15) is 5.26 Å². The molecular formula is C14H15N3O2. The molecule has 1 rings (SSSR count). The zero-order valence-corrected chi connectivity index (χ0v) is 10.6. The Balaban J connectivity index is 2.78. The van der Waals surface area contributed by atoms with Crippen LogP contribution in [-0.4, -0.2) is 17.9 Å². The predicted molar refractivity (Wildman–Crippen MR) is 71.0 cm³/mol. The Kier molecular flexibility index (Phi) is 4.84. The molecule has 0 aliphatic carbocycles. The summed E-state index contributed by atoms with van der Waals surface area (Å²) in [5, 5.41) is 11.2. The highest BCUT2D eigenvalue weighted by molar-refractivity contribution is 5.97. The summed E-state index contributed by atoms with van der Waals surface area (Å²) in [5.74, 6) is -1.01. The Bertz CT molecular complexity index is 541. The fourth-order valence-electron chi connectivity index (χ4n) is 1.51. The largest absolute Gasteiger partial charge is 0.368 e. The molecule has 0 bridgehead atoms. The molecule has 5 nitrogen and oxygen atoms in total. The number of hydrogen-bond acceptors (Lipinski definition) is 3. The molecule has 1 aromatic rings. The van der Waals surface area contributed by atoms with Gasteiger partial charge in [0, 0.05) is 5.56 Å². The van der Waals surface area contributed by atoms with Gasteiger partial charge in [0.05, 0.1) is 11.6 Å². The van der Waals surface area contributed by atoms with Gasteiger partial charge in [-0.3, -0.25) is 9.59 Å². The van der Waals surface area contributed by atoms with Gasteiger partial charge >= 0.3 is 0 Å². The lowest BCUT2D eigenvalue weighted by molar-refractivity contribution is -0.119. The van der Waals surface area contributed by atoms with Crippen molar-refractivity contribution in [1.29, 1.82) is 5.26 Å². The van der Waals surface area contributed by atoms with Crippen molar-refractivity contribution in [2.24, 2.45) is 5.73 Å². The lowest BCUT2D eigenvalue weighted by atomic mass is 10.1. The number of hydrogen-bond donors (Lipinski definition) is 2. The maximum Gasteiger partial charge on any atom is 0.251 e.